The van der Waals surface area contributed by atoms with Gasteiger partial charge >= 0.3 is 6.01 Å². The van der Waals surface area contributed by atoms with Crippen LogP contribution >= 0.6 is 11.6 Å². The maximum absolute atomic E-state index is 11.8. The van der Waals surface area contributed by atoms with Gasteiger partial charge in [-0.25, -0.2) is 0 Å². The van der Waals surface area contributed by atoms with Crippen LogP contribution in [0.15, 0.2) is 4.42 Å². The number of aromatic nitrogens is 2. The van der Waals surface area contributed by atoms with Gasteiger partial charge < -0.3 is 9.73 Å². The molecule has 1 aliphatic heterocycles. The summed E-state index contributed by atoms with van der Waals surface area (Å²) in [5, 5.41) is 9.90. The second-order valence-electron chi connectivity index (χ2n) is 4.09. The highest BCUT2D eigenvalue weighted by molar-refractivity contribution is 6.20. The quantitative estimate of drug-likeness (QED) is 0.650. The van der Waals surface area contributed by atoms with Crippen molar-refractivity contribution in [1.82, 2.24) is 15.1 Å². The molecule has 18 heavy (non-hydrogen) atoms. The molecule has 2 unspecified atom stereocenters. The number of likely N-dealkylation sites (N-methyl/N-ethyl adjacent to an activating group) is 1. The summed E-state index contributed by atoms with van der Waals surface area (Å²) in [4.78, 5) is 24.2. The molecule has 1 aromatic heterocycles. The summed E-state index contributed by atoms with van der Waals surface area (Å²) < 4.78 is 5.24. The average Bonchev–Trinajstić information content (AvgIpc) is 2.79. The predicted octanol–water partition coefficient (Wildman–Crippen LogP) is 0.929. The van der Waals surface area contributed by atoms with Crippen LogP contribution in [-0.2, 0) is 9.59 Å². The molecule has 0 spiro atoms. The number of halogens is 1. The molecule has 1 aromatic rings. The van der Waals surface area contributed by atoms with Crippen LogP contribution in [0.1, 0.15) is 31.0 Å². The van der Waals surface area contributed by atoms with Crippen LogP contribution in [0.2, 0.25) is 0 Å². The first-order valence-electron chi connectivity index (χ1n) is 5.53. The van der Waals surface area contributed by atoms with Gasteiger partial charge in [-0.15, -0.1) is 16.7 Å². The van der Waals surface area contributed by atoms with Gasteiger partial charge in [0.1, 0.15) is 11.4 Å². The van der Waals surface area contributed by atoms with E-state index in [1.54, 1.807) is 6.92 Å². The van der Waals surface area contributed by atoms with E-state index in [2.05, 4.69) is 15.5 Å². The predicted molar refractivity (Wildman–Crippen MR) is 63.0 cm³/mol. The molecule has 1 fully saturated rings. The molecular weight excluding hydrogens is 260 g/mol. The zero-order valence-electron chi connectivity index (χ0n) is 10.0. The Morgan fingerprint density at radius 2 is 2.22 bits per heavy atom. The molecule has 8 heteroatoms. The lowest BCUT2D eigenvalue weighted by atomic mass is 10.1. The van der Waals surface area contributed by atoms with Crippen molar-refractivity contribution >= 4 is 29.4 Å². The van der Waals surface area contributed by atoms with E-state index < -0.39 is 6.04 Å². The maximum atomic E-state index is 11.8. The Hall–Kier alpha value is -1.63. The summed E-state index contributed by atoms with van der Waals surface area (Å²) in [6.45, 7) is 1.71. The Morgan fingerprint density at radius 3 is 2.83 bits per heavy atom. The number of hydrogen-bond acceptors (Lipinski definition) is 6. The lowest BCUT2D eigenvalue weighted by Crippen LogP contribution is -2.48. The minimum Gasteiger partial charge on any atom is -0.406 e. The molecule has 1 N–H and O–H groups in total. The summed E-state index contributed by atoms with van der Waals surface area (Å²) in [6.07, 6.45) is 0.725. The molecule has 1 saturated heterocycles. The van der Waals surface area contributed by atoms with E-state index in [-0.39, 0.29) is 29.1 Å². The van der Waals surface area contributed by atoms with Gasteiger partial charge in [-0.1, -0.05) is 5.10 Å². The third kappa shape index (κ3) is 2.45. The Morgan fingerprint density at radius 1 is 1.50 bits per heavy atom. The zero-order valence-corrected chi connectivity index (χ0v) is 10.8. The number of likely N-dealkylation sites (tertiary alicyclic amines) is 1. The van der Waals surface area contributed by atoms with Gasteiger partial charge in [0, 0.05) is 13.5 Å². The normalized spacial score (nSPS) is 22.2. The lowest BCUT2D eigenvalue weighted by Gasteiger charge is -2.27. The van der Waals surface area contributed by atoms with Gasteiger partial charge in [0.05, 0.1) is 0 Å². The van der Waals surface area contributed by atoms with E-state index in [1.807, 2.05) is 0 Å². The molecule has 0 aliphatic carbocycles. The highest BCUT2D eigenvalue weighted by Gasteiger charge is 2.32. The fourth-order valence-electron chi connectivity index (χ4n) is 1.65. The van der Waals surface area contributed by atoms with Crippen molar-refractivity contribution in [3.05, 3.63) is 5.89 Å². The molecule has 0 saturated carbocycles. The van der Waals surface area contributed by atoms with E-state index in [1.165, 1.54) is 7.05 Å². The lowest BCUT2D eigenvalue weighted by molar-refractivity contribution is -0.146. The van der Waals surface area contributed by atoms with Crippen LogP contribution in [0.25, 0.3) is 0 Å². The molecule has 2 atom stereocenters. The van der Waals surface area contributed by atoms with Crippen molar-refractivity contribution in [3.8, 4) is 0 Å². The van der Waals surface area contributed by atoms with Crippen molar-refractivity contribution in [3.63, 3.8) is 0 Å². The molecule has 0 radical (unpaired) electrons. The summed E-state index contributed by atoms with van der Waals surface area (Å²) in [5.74, 6) is -0.199. The van der Waals surface area contributed by atoms with Crippen LogP contribution in [-0.4, -0.2) is 40.0 Å². The molecule has 7 nitrogen and oxygen atoms in total. The molecule has 2 amide bonds. The van der Waals surface area contributed by atoms with Crippen LogP contribution in [0.5, 0.6) is 0 Å². The summed E-state index contributed by atoms with van der Waals surface area (Å²) in [7, 11) is 1.46. The fraction of sp³-hybridized carbons (Fsp3) is 0.600. The molecule has 98 valence electrons. The molecule has 0 bridgehead atoms. The van der Waals surface area contributed by atoms with E-state index in [0.717, 1.165) is 4.90 Å². The largest absolute Gasteiger partial charge is 0.406 e. The number of hydrogen-bond donors (Lipinski definition) is 1. The standard InChI is InChI=1S/C10H13ClN4O3/c1-5(11)8-13-14-10(18-8)12-6-3-4-7(16)15(2)9(6)17/h5-6H,3-4H2,1-2H3,(H,12,14). The third-order valence-corrected chi connectivity index (χ3v) is 2.91. The van der Waals surface area contributed by atoms with Crippen LogP contribution in [0.4, 0.5) is 6.01 Å². The smallest absolute Gasteiger partial charge is 0.316 e. The van der Waals surface area contributed by atoms with Gasteiger partial charge in [0.15, 0.2) is 0 Å². The second kappa shape index (κ2) is 4.93. The van der Waals surface area contributed by atoms with E-state index in [4.69, 9.17) is 16.0 Å². The highest BCUT2D eigenvalue weighted by atomic mass is 35.5. The summed E-state index contributed by atoms with van der Waals surface area (Å²) in [6, 6.07) is -0.384. The fourth-order valence-corrected chi connectivity index (χ4v) is 1.74. The molecule has 2 heterocycles. The minimum absolute atomic E-state index is 0.138. The van der Waals surface area contributed by atoms with Crippen LogP contribution in [0, 0.1) is 0 Å². The summed E-state index contributed by atoms with van der Waals surface area (Å²) >= 11 is 5.79. The highest BCUT2D eigenvalue weighted by Crippen LogP contribution is 2.21. The Bertz CT molecular complexity index is 473. The Kier molecular flexibility index (Phi) is 3.51. The number of carbonyl (C=O) groups is 2. The maximum Gasteiger partial charge on any atom is 0.316 e. The van der Waals surface area contributed by atoms with Crippen LogP contribution in [0.3, 0.4) is 0 Å². The Balaban J connectivity index is 2.04. The summed E-state index contributed by atoms with van der Waals surface area (Å²) in [5.41, 5.74) is 0. The minimum atomic E-state index is -0.522. The number of alkyl halides is 1. The number of anilines is 1. The van der Waals surface area contributed by atoms with Crippen molar-refractivity contribution in [2.24, 2.45) is 0 Å². The number of piperidine rings is 1. The SMILES string of the molecule is CC(Cl)c1nnc(NC2CCC(=O)N(C)C2=O)o1. The number of carbonyl (C=O) groups excluding carboxylic acids is 2. The van der Waals surface area contributed by atoms with Crippen molar-refractivity contribution in [1.29, 1.82) is 0 Å². The average molecular weight is 273 g/mol. The first kappa shape index (κ1) is 12.8. The molecule has 0 aromatic carbocycles. The molecule has 2 rings (SSSR count). The molecular formula is C10H13ClN4O3. The zero-order chi connectivity index (χ0) is 13.3. The first-order chi connectivity index (χ1) is 8.49. The van der Waals surface area contributed by atoms with Gasteiger partial charge in [-0.3, -0.25) is 14.5 Å². The third-order valence-electron chi connectivity index (χ3n) is 2.73. The second-order valence-corrected chi connectivity index (χ2v) is 4.74. The van der Waals surface area contributed by atoms with E-state index >= 15 is 0 Å². The van der Waals surface area contributed by atoms with Gasteiger partial charge in [-0.2, -0.15) is 0 Å². The van der Waals surface area contributed by atoms with Gasteiger partial charge in [-0.05, 0) is 13.3 Å². The van der Waals surface area contributed by atoms with Crippen LogP contribution < -0.4 is 5.32 Å². The van der Waals surface area contributed by atoms with Crippen molar-refractivity contribution < 1.29 is 14.0 Å². The van der Waals surface area contributed by atoms with E-state index in [0.29, 0.717) is 12.8 Å². The number of rotatable bonds is 3. The number of nitrogens with zero attached hydrogens (tertiary/aromatic N) is 3. The van der Waals surface area contributed by atoms with Crippen molar-refractivity contribution in [2.75, 3.05) is 12.4 Å². The Labute approximate surface area is 108 Å². The van der Waals surface area contributed by atoms with E-state index in [9.17, 15) is 9.59 Å². The number of imide groups is 1. The number of nitrogens with one attached hydrogen (secondary N) is 1. The monoisotopic (exact) mass is 272 g/mol. The van der Waals surface area contributed by atoms with Gasteiger partial charge in [0.25, 0.3) is 5.91 Å². The molecule has 1 aliphatic rings. The topological polar surface area (TPSA) is 88.3 Å². The van der Waals surface area contributed by atoms with Gasteiger partial charge in [0.2, 0.25) is 11.8 Å². The van der Waals surface area contributed by atoms with Crippen molar-refractivity contribution in [2.45, 2.75) is 31.2 Å². The number of amides is 2. The first-order valence-corrected chi connectivity index (χ1v) is 5.97.